The van der Waals surface area contributed by atoms with Crippen molar-refractivity contribution in [2.24, 2.45) is 5.92 Å². The molecule has 1 aliphatic carbocycles. The van der Waals surface area contributed by atoms with Crippen molar-refractivity contribution in [1.82, 2.24) is 14.9 Å². The molecule has 1 saturated heterocycles. The minimum atomic E-state index is -0.784. The van der Waals surface area contributed by atoms with E-state index in [0.29, 0.717) is 25.8 Å². The fourth-order valence-electron chi connectivity index (χ4n) is 3.23. The Balaban J connectivity index is 1.58. The van der Waals surface area contributed by atoms with E-state index in [1.54, 1.807) is 18.5 Å². The summed E-state index contributed by atoms with van der Waals surface area (Å²) >= 11 is 0. The van der Waals surface area contributed by atoms with E-state index in [-0.39, 0.29) is 24.6 Å². The summed E-state index contributed by atoms with van der Waals surface area (Å²) in [6.45, 7) is 1.85. The molecule has 7 heteroatoms. The molecule has 0 spiro atoms. The van der Waals surface area contributed by atoms with Crippen LogP contribution in [0.15, 0.2) is 18.5 Å². The lowest BCUT2D eigenvalue weighted by Gasteiger charge is -2.38. The van der Waals surface area contributed by atoms with E-state index >= 15 is 0 Å². The molecule has 114 valence electrons. The van der Waals surface area contributed by atoms with Gasteiger partial charge in [-0.15, -0.1) is 0 Å². The number of hydrogen-bond acceptors (Lipinski definition) is 6. The zero-order valence-electron chi connectivity index (χ0n) is 11.7. The van der Waals surface area contributed by atoms with Crippen molar-refractivity contribution < 1.29 is 19.4 Å². The van der Waals surface area contributed by atoms with E-state index in [1.165, 1.54) is 0 Å². The van der Waals surface area contributed by atoms with E-state index < -0.39 is 5.97 Å². The van der Waals surface area contributed by atoms with E-state index in [4.69, 9.17) is 14.6 Å². The minimum absolute atomic E-state index is 0.0433. The smallest absolute Gasteiger partial charge is 0.317 e. The van der Waals surface area contributed by atoms with Gasteiger partial charge in [0.25, 0.3) is 0 Å². The van der Waals surface area contributed by atoms with Gasteiger partial charge in [0.05, 0.1) is 25.9 Å². The molecule has 0 amide bonds. The predicted molar refractivity (Wildman–Crippen MR) is 73.0 cm³/mol. The average Bonchev–Trinajstić information content (AvgIpc) is 2.90. The third kappa shape index (κ3) is 3.30. The molecule has 2 aliphatic rings. The van der Waals surface area contributed by atoms with E-state index in [2.05, 4.69) is 9.97 Å². The molecule has 0 radical (unpaired) electrons. The molecule has 0 aromatic carbocycles. The Morgan fingerprint density at radius 1 is 1.43 bits per heavy atom. The van der Waals surface area contributed by atoms with E-state index in [0.717, 1.165) is 12.8 Å². The number of nitrogens with zero attached hydrogens (tertiary/aromatic N) is 3. The van der Waals surface area contributed by atoms with Crippen LogP contribution in [0.4, 0.5) is 0 Å². The summed E-state index contributed by atoms with van der Waals surface area (Å²) < 4.78 is 11.5. The number of carbonyl (C=O) groups is 1. The standard InChI is InChI=1S/C14H19N3O4/c18-12(19)8-17-6-7-20-13-10(2-3-11(13)17)9-21-14-15-4-1-5-16-14/h1,4-5,10-11,13H,2-3,6-9H2,(H,18,19)/t10-,11-,13+/m0/s1. The second-order valence-electron chi connectivity index (χ2n) is 5.45. The first-order valence-corrected chi connectivity index (χ1v) is 7.21. The van der Waals surface area contributed by atoms with Crippen LogP contribution in [0.1, 0.15) is 12.8 Å². The van der Waals surface area contributed by atoms with Crippen molar-refractivity contribution in [3.63, 3.8) is 0 Å². The molecule has 7 nitrogen and oxygen atoms in total. The highest BCUT2D eigenvalue weighted by molar-refractivity contribution is 5.69. The highest BCUT2D eigenvalue weighted by atomic mass is 16.5. The number of fused-ring (bicyclic) bond motifs is 1. The molecule has 3 rings (SSSR count). The predicted octanol–water partition coefficient (Wildman–Crippen LogP) is 0.419. The van der Waals surface area contributed by atoms with Gasteiger partial charge in [0.1, 0.15) is 0 Å². The summed E-state index contributed by atoms with van der Waals surface area (Å²) in [5.74, 6) is -0.525. The van der Waals surface area contributed by atoms with Crippen LogP contribution in [0.2, 0.25) is 0 Å². The maximum absolute atomic E-state index is 10.9. The highest BCUT2D eigenvalue weighted by Gasteiger charge is 2.43. The van der Waals surface area contributed by atoms with Crippen molar-refractivity contribution in [1.29, 1.82) is 0 Å². The van der Waals surface area contributed by atoms with Crippen LogP contribution in [0.25, 0.3) is 0 Å². The summed E-state index contributed by atoms with van der Waals surface area (Å²) in [7, 11) is 0. The first-order chi connectivity index (χ1) is 10.2. The van der Waals surface area contributed by atoms with Crippen LogP contribution in [0.3, 0.4) is 0 Å². The number of carboxylic acids is 1. The Labute approximate surface area is 122 Å². The Bertz CT molecular complexity index is 484. The molecule has 1 N–H and O–H groups in total. The maximum Gasteiger partial charge on any atom is 0.317 e. The van der Waals surface area contributed by atoms with Gasteiger partial charge in [0.15, 0.2) is 0 Å². The van der Waals surface area contributed by atoms with Crippen molar-refractivity contribution in [3.8, 4) is 6.01 Å². The number of carboxylic acid groups (broad SMARTS) is 1. The van der Waals surface area contributed by atoms with Gasteiger partial charge in [0, 0.05) is 30.9 Å². The molecule has 2 fully saturated rings. The van der Waals surface area contributed by atoms with Crippen LogP contribution in [0, 0.1) is 5.92 Å². The zero-order valence-corrected chi connectivity index (χ0v) is 11.7. The van der Waals surface area contributed by atoms with E-state index in [1.807, 2.05) is 4.90 Å². The second-order valence-corrected chi connectivity index (χ2v) is 5.45. The molecule has 1 aromatic heterocycles. The number of hydrogen-bond donors (Lipinski definition) is 1. The molecular weight excluding hydrogens is 274 g/mol. The molecule has 1 saturated carbocycles. The summed E-state index contributed by atoms with van der Waals surface area (Å²) in [6, 6.07) is 2.30. The van der Waals surface area contributed by atoms with Crippen LogP contribution >= 0.6 is 0 Å². The third-order valence-electron chi connectivity index (χ3n) is 4.14. The summed E-state index contributed by atoms with van der Waals surface area (Å²) in [4.78, 5) is 21.0. The van der Waals surface area contributed by atoms with Crippen LogP contribution in [0.5, 0.6) is 6.01 Å². The first-order valence-electron chi connectivity index (χ1n) is 7.21. The van der Waals surface area contributed by atoms with Gasteiger partial charge in [-0.1, -0.05) is 0 Å². The third-order valence-corrected chi connectivity index (χ3v) is 4.14. The highest BCUT2D eigenvalue weighted by Crippen LogP contribution is 2.34. The molecule has 21 heavy (non-hydrogen) atoms. The van der Waals surface area contributed by atoms with Crippen molar-refractivity contribution in [2.45, 2.75) is 25.0 Å². The van der Waals surface area contributed by atoms with Gasteiger partial charge in [0.2, 0.25) is 0 Å². The van der Waals surface area contributed by atoms with Crippen molar-refractivity contribution in [2.75, 3.05) is 26.3 Å². The Kier molecular flexibility index (Phi) is 4.31. The van der Waals surface area contributed by atoms with Gasteiger partial charge in [-0.25, -0.2) is 9.97 Å². The molecule has 1 aliphatic heterocycles. The maximum atomic E-state index is 10.9. The monoisotopic (exact) mass is 293 g/mol. The summed E-state index contributed by atoms with van der Waals surface area (Å²) in [6.07, 6.45) is 5.25. The lowest BCUT2D eigenvalue weighted by Crippen LogP contribution is -2.52. The number of aliphatic carboxylic acids is 1. The van der Waals surface area contributed by atoms with Gasteiger partial charge >= 0.3 is 12.0 Å². The van der Waals surface area contributed by atoms with Gasteiger partial charge in [-0.3, -0.25) is 9.69 Å². The average molecular weight is 293 g/mol. The normalized spacial score (nSPS) is 29.0. The number of ether oxygens (including phenoxy) is 2. The first kappa shape index (κ1) is 14.2. The molecule has 0 bridgehead atoms. The van der Waals surface area contributed by atoms with E-state index in [9.17, 15) is 4.79 Å². The largest absolute Gasteiger partial charge is 0.480 e. The lowest BCUT2D eigenvalue weighted by atomic mass is 10.0. The molecule has 0 unspecified atom stereocenters. The van der Waals surface area contributed by atoms with Crippen LogP contribution in [-0.2, 0) is 9.53 Å². The summed E-state index contributed by atoms with van der Waals surface area (Å²) in [5.41, 5.74) is 0. The van der Waals surface area contributed by atoms with Crippen molar-refractivity contribution >= 4 is 5.97 Å². The van der Waals surface area contributed by atoms with Crippen LogP contribution < -0.4 is 4.74 Å². The van der Waals surface area contributed by atoms with Gasteiger partial charge < -0.3 is 14.6 Å². The molecular formula is C14H19N3O4. The Morgan fingerprint density at radius 3 is 3.00 bits per heavy atom. The van der Waals surface area contributed by atoms with Gasteiger partial charge in [-0.2, -0.15) is 0 Å². The molecule has 2 heterocycles. The zero-order chi connectivity index (χ0) is 14.7. The second kappa shape index (κ2) is 6.36. The fourth-order valence-corrected chi connectivity index (χ4v) is 3.23. The number of aromatic nitrogens is 2. The number of morpholine rings is 1. The quantitative estimate of drug-likeness (QED) is 0.842. The Hall–Kier alpha value is -1.73. The fraction of sp³-hybridized carbons (Fsp3) is 0.643. The molecule has 3 atom stereocenters. The SMILES string of the molecule is O=C(O)CN1CCO[C@@H]2[C@H](COc3ncccn3)CC[C@@H]21. The minimum Gasteiger partial charge on any atom is -0.480 e. The van der Waals surface area contributed by atoms with Crippen LogP contribution in [-0.4, -0.2) is 64.4 Å². The Morgan fingerprint density at radius 2 is 2.24 bits per heavy atom. The number of rotatable bonds is 5. The molecule has 1 aromatic rings. The topological polar surface area (TPSA) is 84.8 Å². The van der Waals surface area contributed by atoms with Crippen molar-refractivity contribution in [3.05, 3.63) is 18.5 Å². The van der Waals surface area contributed by atoms with Gasteiger partial charge in [-0.05, 0) is 18.9 Å². The summed E-state index contributed by atoms with van der Waals surface area (Å²) in [5, 5.41) is 8.98. The lowest BCUT2D eigenvalue weighted by molar-refractivity contribution is -0.143.